The van der Waals surface area contributed by atoms with E-state index in [0.717, 1.165) is 32.6 Å². The molecule has 22 heavy (non-hydrogen) atoms. The number of hydrogen-bond donors (Lipinski definition) is 1. The quantitative estimate of drug-likeness (QED) is 0.662. The summed E-state index contributed by atoms with van der Waals surface area (Å²) in [6, 6.07) is 0.665. The van der Waals surface area contributed by atoms with Crippen LogP contribution in [0.2, 0.25) is 0 Å². The molecule has 0 aromatic carbocycles. The molecule has 0 aliphatic carbocycles. The van der Waals surface area contributed by atoms with Gasteiger partial charge in [-0.2, -0.15) is 0 Å². The van der Waals surface area contributed by atoms with Gasteiger partial charge in [0.25, 0.3) is 0 Å². The number of nitrogens with two attached hydrogens (primary N) is 1. The summed E-state index contributed by atoms with van der Waals surface area (Å²) in [5.41, 5.74) is 5.91. The third-order valence-electron chi connectivity index (χ3n) is 5.48. The number of unbranched alkanes of at least 4 members (excludes halogenated alkanes) is 1. The van der Waals surface area contributed by atoms with Crippen LogP contribution in [0.3, 0.4) is 0 Å². The first-order valence-electron chi connectivity index (χ1n) is 9.42. The smallest absolute Gasteiger partial charge is 0.0434 e. The molecular weight excluding hydrogens is 272 g/mol. The molecule has 4 heteroatoms. The highest BCUT2D eigenvalue weighted by Crippen LogP contribution is 2.23. The van der Waals surface area contributed by atoms with Crippen molar-refractivity contribution in [3.8, 4) is 0 Å². The summed E-state index contributed by atoms with van der Waals surface area (Å²) >= 11 is 0. The van der Waals surface area contributed by atoms with Gasteiger partial charge in [-0.3, -0.25) is 9.80 Å². The van der Waals surface area contributed by atoms with Crippen molar-refractivity contribution < 1.29 is 0 Å². The molecule has 2 unspecified atom stereocenters. The molecule has 0 aromatic heterocycles. The van der Waals surface area contributed by atoms with Crippen LogP contribution in [0.15, 0.2) is 0 Å². The third kappa shape index (κ3) is 5.48. The van der Waals surface area contributed by atoms with Crippen LogP contribution in [-0.2, 0) is 0 Å². The second-order valence-corrected chi connectivity index (χ2v) is 7.14. The first-order valence-corrected chi connectivity index (χ1v) is 9.42. The maximum Gasteiger partial charge on any atom is 0.0434 e. The van der Waals surface area contributed by atoms with Gasteiger partial charge in [0.05, 0.1) is 0 Å². The SMILES string of the molecule is CCN1CCN(C(C)CCCCN)CC(C)(N(CC)CC)C1. The van der Waals surface area contributed by atoms with Gasteiger partial charge in [-0.25, -0.2) is 0 Å². The van der Waals surface area contributed by atoms with Crippen molar-refractivity contribution in [1.29, 1.82) is 0 Å². The van der Waals surface area contributed by atoms with Gasteiger partial charge in [-0.15, -0.1) is 0 Å². The molecule has 1 rings (SSSR count). The van der Waals surface area contributed by atoms with Crippen molar-refractivity contribution >= 4 is 0 Å². The van der Waals surface area contributed by atoms with Crippen LogP contribution in [0, 0.1) is 0 Å². The van der Waals surface area contributed by atoms with E-state index in [1.54, 1.807) is 0 Å². The highest BCUT2D eigenvalue weighted by molar-refractivity contribution is 4.95. The molecule has 1 heterocycles. The van der Waals surface area contributed by atoms with E-state index in [4.69, 9.17) is 5.73 Å². The van der Waals surface area contributed by atoms with Crippen molar-refractivity contribution in [2.45, 2.75) is 65.5 Å². The van der Waals surface area contributed by atoms with Gasteiger partial charge in [0.1, 0.15) is 0 Å². The van der Waals surface area contributed by atoms with Gasteiger partial charge in [0.2, 0.25) is 0 Å². The Morgan fingerprint density at radius 3 is 2.32 bits per heavy atom. The first-order chi connectivity index (χ1) is 10.5. The Morgan fingerprint density at radius 2 is 1.77 bits per heavy atom. The summed E-state index contributed by atoms with van der Waals surface area (Å²) in [6.45, 7) is 20.8. The lowest BCUT2D eigenvalue weighted by Gasteiger charge is -2.44. The van der Waals surface area contributed by atoms with Crippen LogP contribution >= 0.6 is 0 Å². The zero-order valence-corrected chi connectivity index (χ0v) is 15.8. The minimum Gasteiger partial charge on any atom is -0.330 e. The molecule has 0 amide bonds. The molecule has 1 saturated heterocycles. The van der Waals surface area contributed by atoms with Crippen LogP contribution in [0.25, 0.3) is 0 Å². The molecule has 0 saturated carbocycles. The van der Waals surface area contributed by atoms with E-state index in [-0.39, 0.29) is 5.54 Å². The highest BCUT2D eigenvalue weighted by Gasteiger charge is 2.37. The third-order valence-corrected chi connectivity index (χ3v) is 5.48. The fourth-order valence-electron chi connectivity index (χ4n) is 4.00. The van der Waals surface area contributed by atoms with Crippen molar-refractivity contribution in [2.75, 3.05) is 52.4 Å². The van der Waals surface area contributed by atoms with E-state index in [1.807, 2.05) is 0 Å². The molecule has 132 valence electrons. The van der Waals surface area contributed by atoms with E-state index < -0.39 is 0 Å². The van der Waals surface area contributed by atoms with Gasteiger partial charge in [0, 0.05) is 37.8 Å². The first kappa shape index (κ1) is 19.9. The standard InChI is InChI=1S/C18H40N4/c1-6-20-13-14-21(17(4)11-9-10-12-19)16-18(5,15-20)22(7-2)8-3/h17H,6-16,19H2,1-5H3. The average molecular weight is 313 g/mol. The Bertz CT molecular complexity index is 293. The normalized spacial score (nSPS) is 26.3. The van der Waals surface area contributed by atoms with Gasteiger partial charge in [-0.05, 0) is 52.9 Å². The fraction of sp³-hybridized carbons (Fsp3) is 1.00. The van der Waals surface area contributed by atoms with Crippen molar-refractivity contribution in [1.82, 2.24) is 14.7 Å². The summed E-state index contributed by atoms with van der Waals surface area (Å²) in [4.78, 5) is 8.01. The Morgan fingerprint density at radius 1 is 1.09 bits per heavy atom. The molecule has 0 spiro atoms. The van der Waals surface area contributed by atoms with Gasteiger partial charge in [-0.1, -0.05) is 27.2 Å². The largest absolute Gasteiger partial charge is 0.330 e. The zero-order chi connectivity index (χ0) is 16.6. The minimum absolute atomic E-state index is 0.262. The van der Waals surface area contributed by atoms with E-state index in [9.17, 15) is 0 Å². The van der Waals surface area contributed by atoms with Crippen LogP contribution < -0.4 is 5.73 Å². The van der Waals surface area contributed by atoms with Crippen molar-refractivity contribution in [2.24, 2.45) is 5.73 Å². The Labute approximate surface area is 139 Å². The highest BCUT2D eigenvalue weighted by atomic mass is 15.3. The number of likely N-dealkylation sites (N-methyl/N-ethyl adjacent to an activating group) is 2. The Hall–Kier alpha value is -0.160. The maximum absolute atomic E-state index is 5.65. The fourth-order valence-corrected chi connectivity index (χ4v) is 4.00. The lowest BCUT2D eigenvalue weighted by atomic mass is 9.97. The van der Waals surface area contributed by atoms with E-state index >= 15 is 0 Å². The molecule has 0 radical (unpaired) electrons. The van der Waals surface area contributed by atoms with Crippen LogP contribution in [0.1, 0.15) is 53.9 Å². The Balaban J connectivity index is 2.78. The second-order valence-electron chi connectivity index (χ2n) is 7.14. The molecule has 1 aliphatic rings. The lowest BCUT2D eigenvalue weighted by molar-refractivity contribution is 0.0538. The van der Waals surface area contributed by atoms with Gasteiger partial charge in [0.15, 0.2) is 0 Å². The molecule has 0 bridgehead atoms. The number of rotatable bonds is 9. The summed E-state index contributed by atoms with van der Waals surface area (Å²) in [7, 11) is 0. The van der Waals surface area contributed by atoms with Gasteiger partial charge < -0.3 is 10.6 Å². The predicted molar refractivity (Wildman–Crippen MR) is 97.4 cm³/mol. The maximum atomic E-state index is 5.65. The van der Waals surface area contributed by atoms with Crippen LogP contribution in [0.5, 0.6) is 0 Å². The van der Waals surface area contributed by atoms with E-state index in [0.29, 0.717) is 6.04 Å². The zero-order valence-electron chi connectivity index (χ0n) is 15.8. The second kappa shape index (κ2) is 9.86. The summed E-state index contributed by atoms with van der Waals surface area (Å²) in [5, 5.41) is 0. The predicted octanol–water partition coefficient (Wildman–Crippen LogP) is 2.24. The lowest BCUT2D eigenvalue weighted by Crippen LogP contribution is -2.58. The molecule has 1 aliphatic heterocycles. The molecule has 2 N–H and O–H groups in total. The molecule has 4 nitrogen and oxygen atoms in total. The molecule has 1 fully saturated rings. The topological polar surface area (TPSA) is 35.7 Å². The monoisotopic (exact) mass is 312 g/mol. The van der Waals surface area contributed by atoms with Crippen LogP contribution in [0.4, 0.5) is 0 Å². The summed E-state index contributed by atoms with van der Waals surface area (Å²) in [5.74, 6) is 0. The molecular formula is C18H40N4. The average Bonchev–Trinajstić information content (AvgIpc) is 2.68. The van der Waals surface area contributed by atoms with E-state index in [2.05, 4.69) is 49.3 Å². The summed E-state index contributed by atoms with van der Waals surface area (Å²) in [6.07, 6.45) is 3.69. The number of hydrogen-bond acceptors (Lipinski definition) is 4. The minimum atomic E-state index is 0.262. The summed E-state index contributed by atoms with van der Waals surface area (Å²) < 4.78 is 0. The van der Waals surface area contributed by atoms with Crippen molar-refractivity contribution in [3.63, 3.8) is 0 Å². The molecule has 0 aromatic rings. The van der Waals surface area contributed by atoms with Gasteiger partial charge >= 0.3 is 0 Å². The Kier molecular flexibility index (Phi) is 8.91. The van der Waals surface area contributed by atoms with E-state index in [1.165, 1.54) is 39.0 Å². The van der Waals surface area contributed by atoms with Crippen LogP contribution in [-0.4, -0.2) is 78.6 Å². The van der Waals surface area contributed by atoms with Crippen molar-refractivity contribution in [3.05, 3.63) is 0 Å². The number of nitrogens with zero attached hydrogens (tertiary/aromatic N) is 3. The molecule has 2 atom stereocenters.